The summed E-state index contributed by atoms with van der Waals surface area (Å²) in [6, 6.07) is 3.96. The summed E-state index contributed by atoms with van der Waals surface area (Å²) in [7, 11) is 1.62. The Bertz CT molecular complexity index is 782. The molecule has 2 fully saturated rings. The summed E-state index contributed by atoms with van der Waals surface area (Å²) < 4.78 is 17.4. The molecule has 2 aliphatic heterocycles. The third kappa shape index (κ3) is 3.49. The maximum Gasteiger partial charge on any atom is 0.280 e. The van der Waals surface area contributed by atoms with E-state index in [2.05, 4.69) is 15.2 Å². The molecule has 0 bridgehead atoms. The first kappa shape index (κ1) is 17.5. The summed E-state index contributed by atoms with van der Waals surface area (Å²) in [4.78, 5) is 19.4. The van der Waals surface area contributed by atoms with Crippen molar-refractivity contribution >= 4 is 33.1 Å². The Kier molecular flexibility index (Phi) is 5.23. The van der Waals surface area contributed by atoms with Crippen LogP contribution in [-0.2, 0) is 9.47 Å². The highest BCUT2D eigenvalue weighted by molar-refractivity contribution is 7.21. The van der Waals surface area contributed by atoms with Gasteiger partial charge in [-0.25, -0.2) is 4.98 Å². The highest BCUT2D eigenvalue weighted by Gasteiger charge is 2.22. The van der Waals surface area contributed by atoms with E-state index in [1.165, 1.54) is 11.3 Å². The van der Waals surface area contributed by atoms with Gasteiger partial charge in [-0.15, -0.1) is 11.3 Å². The van der Waals surface area contributed by atoms with Crippen LogP contribution in [0.4, 0.5) is 5.69 Å². The van der Waals surface area contributed by atoms with E-state index >= 15 is 0 Å². The molecule has 1 atom stereocenters. The normalized spacial score (nSPS) is 20.5. The average molecular weight is 377 g/mol. The van der Waals surface area contributed by atoms with Crippen LogP contribution in [0.1, 0.15) is 22.6 Å². The lowest BCUT2D eigenvalue weighted by Gasteiger charge is -2.29. The monoisotopic (exact) mass is 377 g/mol. The van der Waals surface area contributed by atoms with Crippen molar-refractivity contribution in [3.63, 3.8) is 0 Å². The van der Waals surface area contributed by atoms with Gasteiger partial charge in [-0.3, -0.25) is 4.79 Å². The van der Waals surface area contributed by atoms with Crippen LogP contribution in [0.3, 0.4) is 0 Å². The van der Waals surface area contributed by atoms with Crippen LogP contribution in [0.2, 0.25) is 0 Å². The molecule has 1 aromatic carbocycles. The van der Waals surface area contributed by atoms with E-state index in [0.29, 0.717) is 30.5 Å². The van der Waals surface area contributed by atoms with Crippen molar-refractivity contribution < 1.29 is 19.0 Å². The fourth-order valence-corrected chi connectivity index (χ4v) is 4.41. The SMILES string of the molecule is COc1ccc(N2CCOCC2)c2sc(C(=O)NCC3CCCO3)nc12. The summed E-state index contributed by atoms with van der Waals surface area (Å²) in [6.07, 6.45) is 2.17. The summed E-state index contributed by atoms with van der Waals surface area (Å²) in [5.41, 5.74) is 1.82. The summed E-state index contributed by atoms with van der Waals surface area (Å²) in [6.45, 7) is 4.39. The summed E-state index contributed by atoms with van der Waals surface area (Å²) >= 11 is 1.41. The Labute approximate surface area is 156 Å². The zero-order chi connectivity index (χ0) is 17.9. The van der Waals surface area contributed by atoms with E-state index in [0.717, 1.165) is 48.4 Å². The van der Waals surface area contributed by atoms with E-state index in [1.54, 1.807) is 7.11 Å². The number of methoxy groups -OCH3 is 1. The largest absolute Gasteiger partial charge is 0.494 e. The van der Waals surface area contributed by atoms with Gasteiger partial charge in [0.15, 0.2) is 5.01 Å². The number of ether oxygens (including phenoxy) is 3. The van der Waals surface area contributed by atoms with Gasteiger partial charge in [-0.1, -0.05) is 0 Å². The molecule has 0 spiro atoms. The molecule has 0 aliphatic carbocycles. The Morgan fingerprint density at radius 1 is 1.38 bits per heavy atom. The zero-order valence-electron chi connectivity index (χ0n) is 14.8. The average Bonchev–Trinajstić information content (AvgIpc) is 3.35. The first-order valence-corrected chi connectivity index (χ1v) is 9.78. The second-order valence-corrected chi connectivity index (χ2v) is 7.43. The number of aromatic nitrogens is 1. The van der Waals surface area contributed by atoms with Gasteiger partial charge in [0.1, 0.15) is 11.3 Å². The number of benzene rings is 1. The molecule has 7 nitrogen and oxygen atoms in total. The molecule has 1 N–H and O–H groups in total. The van der Waals surface area contributed by atoms with Crippen LogP contribution in [0.15, 0.2) is 12.1 Å². The maximum atomic E-state index is 12.6. The molecular weight excluding hydrogens is 354 g/mol. The zero-order valence-corrected chi connectivity index (χ0v) is 15.6. The number of rotatable bonds is 5. The number of nitrogens with zero attached hydrogens (tertiary/aromatic N) is 2. The molecule has 0 radical (unpaired) electrons. The van der Waals surface area contributed by atoms with Crippen molar-refractivity contribution in [3.8, 4) is 5.75 Å². The van der Waals surface area contributed by atoms with Crippen molar-refractivity contribution in [3.05, 3.63) is 17.1 Å². The number of carbonyl (C=O) groups excluding carboxylic acids is 1. The van der Waals surface area contributed by atoms with Gasteiger partial charge in [0.2, 0.25) is 0 Å². The van der Waals surface area contributed by atoms with Crippen molar-refractivity contribution in [1.29, 1.82) is 0 Å². The minimum absolute atomic E-state index is 0.117. The Morgan fingerprint density at radius 3 is 2.96 bits per heavy atom. The lowest BCUT2D eigenvalue weighted by Crippen LogP contribution is -2.36. The number of carbonyl (C=O) groups is 1. The van der Waals surface area contributed by atoms with Gasteiger partial charge >= 0.3 is 0 Å². The predicted molar refractivity (Wildman–Crippen MR) is 101 cm³/mol. The molecule has 2 aliphatic rings. The van der Waals surface area contributed by atoms with Gasteiger partial charge in [-0.2, -0.15) is 0 Å². The van der Waals surface area contributed by atoms with Crippen LogP contribution in [-0.4, -0.2) is 63.6 Å². The molecule has 1 aromatic heterocycles. The Balaban J connectivity index is 1.60. The van der Waals surface area contributed by atoms with E-state index in [9.17, 15) is 4.79 Å². The molecule has 140 valence electrons. The fourth-order valence-electron chi connectivity index (χ4n) is 3.37. The van der Waals surface area contributed by atoms with E-state index in [4.69, 9.17) is 14.2 Å². The molecular formula is C18H23N3O4S. The van der Waals surface area contributed by atoms with Gasteiger partial charge in [0.05, 0.1) is 36.8 Å². The number of nitrogens with one attached hydrogen (secondary N) is 1. The quantitative estimate of drug-likeness (QED) is 0.860. The Hall–Kier alpha value is -1.90. The molecule has 3 heterocycles. The second-order valence-electron chi connectivity index (χ2n) is 6.43. The van der Waals surface area contributed by atoms with Gasteiger partial charge in [-0.05, 0) is 25.0 Å². The summed E-state index contributed by atoms with van der Waals surface area (Å²) in [5, 5.41) is 3.40. The first-order chi connectivity index (χ1) is 12.8. The highest BCUT2D eigenvalue weighted by Crippen LogP contribution is 2.37. The summed E-state index contributed by atoms with van der Waals surface area (Å²) in [5.74, 6) is 0.531. The fraction of sp³-hybridized carbons (Fsp3) is 0.556. The highest BCUT2D eigenvalue weighted by atomic mass is 32.1. The van der Waals surface area contributed by atoms with Crippen LogP contribution < -0.4 is 15.0 Å². The van der Waals surface area contributed by atoms with Gasteiger partial charge in [0, 0.05) is 26.2 Å². The second kappa shape index (κ2) is 7.77. The third-order valence-corrected chi connectivity index (χ3v) is 5.84. The number of morpholine rings is 1. The van der Waals surface area contributed by atoms with Gasteiger partial charge < -0.3 is 24.4 Å². The molecule has 2 saturated heterocycles. The molecule has 8 heteroatoms. The maximum absolute atomic E-state index is 12.6. The molecule has 1 amide bonds. The number of thiazole rings is 1. The molecule has 4 rings (SSSR count). The Morgan fingerprint density at radius 2 is 2.23 bits per heavy atom. The van der Waals surface area contributed by atoms with Crippen LogP contribution in [0.5, 0.6) is 5.75 Å². The third-order valence-electron chi connectivity index (χ3n) is 4.77. The predicted octanol–water partition coefficient (Wildman–Crippen LogP) is 2.05. The number of hydrogen-bond donors (Lipinski definition) is 1. The number of amides is 1. The van der Waals surface area contributed by atoms with E-state index in [-0.39, 0.29) is 12.0 Å². The number of anilines is 1. The molecule has 26 heavy (non-hydrogen) atoms. The minimum Gasteiger partial charge on any atom is -0.494 e. The standard InChI is InChI=1S/C18H23N3O4S/c1-23-14-5-4-13(21-6-9-24-10-7-21)16-15(14)20-18(26-16)17(22)19-11-12-3-2-8-25-12/h4-5,12H,2-3,6-11H2,1H3,(H,19,22). The minimum atomic E-state index is -0.156. The molecule has 1 unspecified atom stereocenters. The lowest BCUT2D eigenvalue weighted by atomic mass is 10.2. The van der Waals surface area contributed by atoms with Crippen molar-refractivity contribution in [1.82, 2.24) is 10.3 Å². The van der Waals surface area contributed by atoms with E-state index in [1.807, 2.05) is 12.1 Å². The van der Waals surface area contributed by atoms with E-state index < -0.39 is 0 Å². The molecule has 0 saturated carbocycles. The first-order valence-electron chi connectivity index (χ1n) is 8.96. The number of fused-ring (bicyclic) bond motifs is 1. The van der Waals surface area contributed by atoms with Gasteiger partial charge in [0.25, 0.3) is 5.91 Å². The smallest absolute Gasteiger partial charge is 0.280 e. The topological polar surface area (TPSA) is 72.9 Å². The molecule has 2 aromatic rings. The van der Waals surface area contributed by atoms with Crippen LogP contribution in [0.25, 0.3) is 10.2 Å². The van der Waals surface area contributed by atoms with Crippen LogP contribution >= 0.6 is 11.3 Å². The lowest BCUT2D eigenvalue weighted by molar-refractivity contribution is 0.0857. The van der Waals surface area contributed by atoms with Crippen molar-refractivity contribution in [2.24, 2.45) is 0 Å². The van der Waals surface area contributed by atoms with Crippen molar-refractivity contribution in [2.45, 2.75) is 18.9 Å². The van der Waals surface area contributed by atoms with Crippen LogP contribution in [0, 0.1) is 0 Å². The van der Waals surface area contributed by atoms with Crippen molar-refractivity contribution in [2.75, 3.05) is 51.5 Å². The number of hydrogen-bond acceptors (Lipinski definition) is 7.